The van der Waals surface area contributed by atoms with Crippen LogP contribution in [0.15, 0.2) is 28.9 Å². The number of rotatable bonds is 3. The molecule has 1 aliphatic carbocycles. The van der Waals surface area contributed by atoms with Crippen LogP contribution in [0.1, 0.15) is 48.5 Å². The minimum atomic E-state index is -0.315. The van der Waals surface area contributed by atoms with Gasteiger partial charge >= 0.3 is 0 Å². The second kappa shape index (κ2) is 6.10. The van der Waals surface area contributed by atoms with Gasteiger partial charge in [-0.2, -0.15) is 5.10 Å². The first-order valence-corrected chi connectivity index (χ1v) is 7.98. The molecular formula is C16H16BrFN2O. The molecule has 21 heavy (non-hydrogen) atoms. The number of nitrogens with zero attached hydrogens (tertiary/aromatic N) is 2. The number of benzene rings is 1. The smallest absolute Gasteiger partial charge is 0.153 e. The third kappa shape index (κ3) is 2.93. The van der Waals surface area contributed by atoms with E-state index in [0.717, 1.165) is 24.7 Å². The molecule has 0 unspecified atom stereocenters. The Kier molecular flexibility index (Phi) is 4.19. The minimum absolute atomic E-state index is 0.315. The molecule has 0 aliphatic heterocycles. The van der Waals surface area contributed by atoms with Crippen LogP contribution in [0.2, 0.25) is 0 Å². The SMILES string of the molecule is O=Cc1cn(C2CCCCC2)nc1-c1ccc(F)cc1Br. The zero-order valence-corrected chi connectivity index (χ0v) is 13.1. The predicted molar refractivity (Wildman–Crippen MR) is 82.8 cm³/mol. The lowest BCUT2D eigenvalue weighted by Crippen LogP contribution is -2.13. The number of hydrogen-bond donors (Lipinski definition) is 0. The number of halogens is 2. The van der Waals surface area contributed by atoms with Crippen LogP contribution in [-0.2, 0) is 0 Å². The number of carbonyl (C=O) groups is 1. The first-order valence-electron chi connectivity index (χ1n) is 7.19. The molecule has 0 saturated heterocycles. The quantitative estimate of drug-likeness (QED) is 0.747. The van der Waals surface area contributed by atoms with Crippen LogP contribution in [0.25, 0.3) is 11.3 Å². The molecule has 2 aromatic rings. The Balaban J connectivity index is 2.01. The number of aromatic nitrogens is 2. The van der Waals surface area contributed by atoms with Gasteiger partial charge in [-0.25, -0.2) is 4.39 Å². The molecule has 110 valence electrons. The molecule has 1 aromatic heterocycles. The Morgan fingerprint density at radius 2 is 2.05 bits per heavy atom. The summed E-state index contributed by atoms with van der Waals surface area (Å²) in [7, 11) is 0. The Bertz CT molecular complexity index is 662. The number of carbonyl (C=O) groups excluding carboxylic acids is 1. The first kappa shape index (κ1) is 14.4. The van der Waals surface area contributed by atoms with Gasteiger partial charge in [0.25, 0.3) is 0 Å². The monoisotopic (exact) mass is 350 g/mol. The van der Waals surface area contributed by atoms with Gasteiger partial charge in [0.1, 0.15) is 11.5 Å². The van der Waals surface area contributed by atoms with Crippen molar-refractivity contribution in [2.75, 3.05) is 0 Å². The highest BCUT2D eigenvalue weighted by molar-refractivity contribution is 9.10. The highest BCUT2D eigenvalue weighted by atomic mass is 79.9. The van der Waals surface area contributed by atoms with E-state index in [9.17, 15) is 9.18 Å². The van der Waals surface area contributed by atoms with Gasteiger partial charge in [-0.3, -0.25) is 9.48 Å². The largest absolute Gasteiger partial charge is 0.298 e. The maximum absolute atomic E-state index is 13.2. The van der Waals surface area contributed by atoms with Crippen molar-refractivity contribution in [1.29, 1.82) is 0 Å². The lowest BCUT2D eigenvalue weighted by atomic mass is 9.96. The Labute approximate surface area is 131 Å². The Morgan fingerprint density at radius 1 is 1.29 bits per heavy atom. The maximum atomic E-state index is 13.2. The fourth-order valence-corrected chi connectivity index (χ4v) is 3.45. The van der Waals surface area contributed by atoms with Crippen molar-refractivity contribution >= 4 is 22.2 Å². The molecule has 0 spiro atoms. The van der Waals surface area contributed by atoms with Gasteiger partial charge in [0.15, 0.2) is 6.29 Å². The summed E-state index contributed by atoms with van der Waals surface area (Å²) in [5, 5.41) is 4.60. The summed E-state index contributed by atoms with van der Waals surface area (Å²) in [6, 6.07) is 4.79. The van der Waals surface area contributed by atoms with E-state index in [0.29, 0.717) is 21.8 Å². The van der Waals surface area contributed by atoms with Gasteiger partial charge in [-0.05, 0) is 47.0 Å². The fourth-order valence-electron chi connectivity index (χ4n) is 2.92. The molecule has 0 radical (unpaired) electrons. The van der Waals surface area contributed by atoms with Crippen LogP contribution < -0.4 is 0 Å². The standard InChI is InChI=1S/C16H16BrFN2O/c17-15-8-12(18)6-7-14(15)16-11(10-21)9-20(19-16)13-4-2-1-3-5-13/h6-10,13H,1-5H2. The third-order valence-electron chi connectivity index (χ3n) is 4.02. The normalized spacial score (nSPS) is 16.1. The van der Waals surface area contributed by atoms with E-state index in [1.54, 1.807) is 6.07 Å². The van der Waals surface area contributed by atoms with Crippen molar-refractivity contribution in [3.63, 3.8) is 0 Å². The van der Waals surface area contributed by atoms with Gasteiger partial charge in [0.05, 0.1) is 11.6 Å². The topological polar surface area (TPSA) is 34.9 Å². The van der Waals surface area contributed by atoms with Gasteiger partial charge in [0.2, 0.25) is 0 Å². The highest BCUT2D eigenvalue weighted by Crippen LogP contribution is 2.33. The Morgan fingerprint density at radius 3 is 2.71 bits per heavy atom. The van der Waals surface area contributed by atoms with Gasteiger partial charge in [-0.15, -0.1) is 0 Å². The molecule has 1 aromatic carbocycles. The number of aldehydes is 1. The predicted octanol–water partition coefficient (Wildman–Crippen LogP) is 4.77. The molecule has 0 atom stereocenters. The van der Waals surface area contributed by atoms with E-state index in [1.807, 2.05) is 10.9 Å². The zero-order valence-electron chi connectivity index (χ0n) is 11.6. The molecule has 1 saturated carbocycles. The van der Waals surface area contributed by atoms with E-state index in [1.165, 1.54) is 31.4 Å². The fraction of sp³-hybridized carbons (Fsp3) is 0.375. The van der Waals surface area contributed by atoms with E-state index < -0.39 is 0 Å². The summed E-state index contributed by atoms with van der Waals surface area (Å²) >= 11 is 3.35. The van der Waals surface area contributed by atoms with Gasteiger partial charge in [0, 0.05) is 16.2 Å². The third-order valence-corrected chi connectivity index (χ3v) is 4.68. The molecular weight excluding hydrogens is 335 g/mol. The second-order valence-electron chi connectivity index (χ2n) is 5.45. The van der Waals surface area contributed by atoms with Gasteiger partial charge in [-0.1, -0.05) is 19.3 Å². The highest BCUT2D eigenvalue weighted by Gasteiger charge is 2.20. The molecule has 0 N–H and O–H groups in total. The maximum Gasteiger partial charge on any atom is 0.153 e. The van der Waals surface area contributed by atoms with Gasteiger partial charge < -0.3 is 0 Å². The molecule has 0 amide bonds. The van der Waals surface area contributed by atoms with Crippen LogP contribution >= 0.6 is 15.9 Å². The van der Waals surface area contributed by atoms with Crippen molar-refractivity contribution in [2.45, 2.75) is 38.1 Å². The summed E-state index contributed by atoms with van der Waals surface area (Å²) < 4.78 is 15.7. The lowest BCUT2D eigenvalue weighted by Gasteiger charge is -2.21. The Hall–Kier alpha value is -1.49. The minimum Gasteiger partial charge on any atom is -0.298 e. The van der Waals surface area contributed by atoms with Crippen LogP contribution in [0.4, 0.5) is 4.39 Å². The summed E-state index contributed by atoms with van der Waals surface area (Å²) in [5.74, 6) is -0.315. The van der Waals surface area contributed by atoms with Crippen molar-refractivity contribution in [2.24, 2.45) is 0 Å². The molecule has 3 nitrogen and oxygen atoms in total. The molecule has 3 rings (SSSR count). The van der Waals surface area contributed by atoms with E-state index >= 15 is 0 Å². The summed E-state index contributed by atoms with van der Waals surface area (Å²) in [4.78, 5) is 11.3. The number of hydrogen-bond acceptors (Lipinski definition) is 2. The average molecular weight is 351 g/mol. The molecule has 1 heterocycles. The van der Waals surface area contributed by atoms with E-state index in [2.05, 4.69) is 21.0 Å². The van der Waals surface area contributed by atoms with Crippen LogP contribution in [-0.4, -0.2) is 16.1 Å². The summed E-state index contributed by atoms with van der Waals surface area (Å²) in [6.45, 7) is 0. The van der Waals surface area contributed by atoms with E-state index in [-0.39, 0.29) is 5.82 Å². The van der Waals surface area contributed by atoms with Crippen LogP contribution in [0.5, 0.6) is 0 Å². The first-order chi connectivity index (χ1) is 10.2. The molecule has 5 heteroatoms. The van der Waals surface area contributed by atoms with Crippen molar-refractivity contribution < 1.29 is 9.18 Å². The van der Waals surface area contributed by atoms with Crippen LogP contribution in [0, 0.1) is 5.82 Å². The summed E-state index contributed by atoms with van der Waals surface area (Å²) in [5.41, 5.74) is 1.91. The lowest BCUT2D eigenvalue weighted by molar-refractivity contribution is 0.112. The zero-order chi connectivity index (χ0) is 14.8. The molecule has 1 fully saturated rings. The molecule has 1 aliphatic rings. The van der Waals surface area contributed by atoms with Crippen molar-refractivity contribution in [1.82, 2.24) is 9.78 Å². The second-order valence-corrected chi connectivity index (χ2v) is 6.30. The summed E-state index contributed by atoms with van der Waals surface area (Å²) in [6.07, 6.45) is 8.52. The van der Waals surface area contributed by atoms with Crippen LogP contribution in [0.3, 0.4) is 0 Å². The average Bonchev–Trinajstić information content (AvgIpc) is 2.92. The van der Waals surface area contributed by atoms with Crippen molar-refractivity contribution in [3.8, 4) is 11.3 Å². The van der Waals surface area contributed by atoms with E-state index in [4.69, 9.17) is 0 Å². The molecule has 0 bridgehead atoms. The van der Waals surface area contributed by atoms with Crippen molar-refractivity contribution in [3.05, 3.63) is 40.2 Å².